The summed E-state index contributed by atoms with van der Waals surface area (Å²) in [4.78, 5) is 8.34. The predicted molar refractivity (Wildman–Crippen MR) is 69.5 cm³/mol. The zero-order chi connectivity index (χ0) is 11.4. The molecule has 2 rings (SSSR count). The van der Waals surface area contributed by atoms with Crippen LogP contribution in [0.3, 0.4) is 0 Å². The number of hydrogen-bond acceptors (Lipinski definition) is 4. The smallest absolute Gasteiger partial charge is 0.136 e. The molecule has 0 bridgehead atoms. The molecule has 0 saturated carbocycles. The van der Waals surface area contributed by atoms with Gasteiger partial charge in [-0.25, -0.2) is 9.97 Å². The molecule has 0 N–H and O–H groups in total. The van der Waals surface area contributed by atoms with E-state index in [0.29, 0.717) is 5.15 Å². The highest BCUT2D eigenvalue weighted by molar-refractivity contribution is 8.01. The molecule has 0 unspecified atom stereocenters. The second-order valence-corrected chi connectivity index (χ2v) is 5.83. The van der Waals surface area contributed by atoms with Crippen LogP contribution in [0.2, 0.25) is 5.15 Å². The zero-order valence-electron chi connectivity index (χ0n) is 8.81. The molecule has 0 aliphatic rings. The first kappa shape index (κ1) is 11.9. The fourth-order valence-corrected chi connectivity index (χ4v) is 3.43. The Morgan fingerprint density at radius 2 is 2.31 bits per heavy atom. The van der Waals surface area contributed by atoms with Crippen molar-refractivity contribution in [3.8, 4) is 0 Å². The number of thiophene rings is 1. The summed E-state index contributed by atoms with van der Waals surface area (Å²) in [5.74, 6) is 0. The molecule has 0 aliphatic heterocycles. The molecule has 0 aliphatic carbocycles. The minimum atomic E-state index is 0.580. The van der Waals surface area contributed by atoms with Gasteiger partial charge in [0.1, 0.15) is 16.5 Å². The van der Waals surface area contributed by atoms with E-state index in [9.17, 15) is 0 Å². The molecule has 2 aromatic rings. The van der Waals surface area contributed by atoms with Crippen molar-refractivity contribution >= 4 is 34.7 Å². The van der Waals surface area contributed by atoms with Crippen molar-refractivity contribution in [2.45, 2.75) is 29.0 Å². The van der Waals surface area contributed by atoms with Gasteiger partial charge in [-0.15, -0.1) is 11.3 Å². The summed E-state index contributed by atoms with van der Waals surface area (Å²) >= 11 is 9.46. The zero-order valence-corrected chi connectivity index (χ0v) is 11.2. The Morgan fingerprint density at radius 1 is 1.44 bits per heavy atom. The Hall–Kier alpha value is -0.580. The highest BCUT2D eigenvalue weighted by Gasteiger charge is 2.10. The number of aromatic nitrogens is 2. The lowest BCUT2D eigenvalue weighted by atomic mass is 10.2. The predicted octanol–water partition coefficient (Wildman–Crippen LogP) is 4.30. The molecule has 0 saturated heterocycles. The Morgan fingerprint density at radius 3 is 3.00 bits per heavy atom. The van der Waals surface area contributed by atoms with Crippen LogP contribution in [0.15, 0.2) is 33.1 Å². The maximum Gasteiger partial charge on any atom is 0.136 e. The minimum Gasteiger partial charge on any atom is -0.229 e. The molecule has 84 valence electrons. The molecule has 16 heavy (non-hydrogen) atoms. The summed E-state index contributed by atoms with van der Waals surface area (Å²) in [7, 11) is 0. The van der Waals surface area contributed by atoms with Crippen LogP contribution < -0.4 is 0 Å². The maximum atomic E-state index is 6.09. The number of rotatable bonds is 4. The first-order chi connectivity index (χ1) is 7.81. The average Bonchev–Trinajstić information content (AvgIpc) is 2.76. The fraction of sp³-hybridized carbons (Fsp3) is 0.273. The molecule has 2 aromatic heterocycles. The summed E-state index contributed by atoms with van der Waals surface area (Å²) < 4.78 is 1.23. The number of nitrogens with zero attached hydrogens (tertiary/aromatic N) is 2. The lowest BCUT2D eigenvalue weighted by molar-refractivity contribution is 0.856. The van der Waals surface area contributed by atoms with Gasteiger partial charge in [0.15, 0.2) is 0 Å². The van der Waals surface area contributed by atoms with Crippen LogP contribution in [-0.2, 0) is 6.42 Å². The van der Waals surface area contributed by atoms with Crippen molar-refractivity contribution in [2.24, 2.45) is 0 Å². The normalized spacial score (nSPS) is 10.6. The molecule has 0 fully saturated rings. The number of halogens is 1. The second kappa shape index (κ2) is 5.66. The standard InChI is InChI=1S/C11H11ClN2S2/c1-2-4-8-10(12)13-7-14-11(8)16-9-5-3-6-15-9/h3,5-7H,2,4H2,1H3. The lowest BCUT2D eigenvalue weighted by Gasteiger charge is -2.06. The quantitative estimate of drug-likeness (QED) is 0.775. The maximum absolute atomic E-state index is 6.09. The van der Waals surface area contributed by atoms with Crippen molar-refractivity contribution in [3.63, 3.8) is 0 Å². The molecule has 0 spiro atoms. The van der Waals surface area contributed by atoms with Gasteiger partial charge in [-0.05, 0) is 17.9 Å². The number of hydrogen-bond donors (Lipinski definition) is 0. The summed E-state index contributed by atoms with van der Waals surface area (Å²) in [6.45, 7) is 2.13. The van der Waals surface area contributed by atoms with Gasteiger partial charge in [0.25, 0.3) is 0 Å². The first-order valence-corrected chi connectivity index (χ1v) is 7.09. The van der Waals surface area contributed by atoms with Crippen LogP contribution in [0.4, 0.5) is 0 Å². The molecule has 0 atom stereocenters. The average molecular weight is 271 g/mol. The summed E-state index contributed by atoms with van der Waals surface area (Å²) in [5.41, 5.74) is 1.06. The van der Waals surface area contributed by atoms with Crippen LogP contribution >= 0.6 is 34.7 Å². The van der Waals surface area contributed by atoms with Gasteiger partial charge in [0, 0.05) is 5.56 Å². The molecule has 0 amide bonds. The van der Waals surface area contributed by atoms with Gasteiger partial charge in [-0.2, -0.15) is 0 Å². The van der Waals surface area contributed by atoms with Crippen molar-refractivity contribution in [2.75, 3.05) is 0 Å². The van der Waals surface area contributed by atoms with E-state index in [1.165, 1.54) is 10.5 Å². The van der Waals surface area contributed by atoms with Gasteiger partial charge in [-0.1, -0.05) is 42.8 Å². The summed E-state index contributed by atoms with van der Waals surface area (Å²) in [6.07, 6.45) is 3.50. The van der Waals surface area contributed by atoms with Crippen molar-refractivity contribution in [3.05, 3.63) is 34.6 Å². The van der Waals surface area contributed by atoms with Gasteiger partial charge in [-0.3, -0.25) is 0 Å². The second-order valence-electron chi connectivity index (χ2n) is 3.23. The monoisotopic (exact) mass is 270 g/mol. The third kappa shape index (κ3) is 2.75. The van der Waals surface area contributed by atoms with E-state index in [0.717, 1.165) is 23.4 Å². The molecular weight excluding hydrogens is 260 g/mol. The fourth-order valence-electron chi connectivity index (χ4n) is 1.34. The molecule has 2 nitrogen and oxygen atoms in total. The SMILES string of the molecule is CCCc1c(Cl)ncnc1Sc1cccs1. The lowest BCUT2D eigenvalue weighted by Crippen LogP contribution is -1.94. The minimum absolute atomic E-state index is 0.580. The van der Waals surface area contributed by atoms with Crippen LogP contribution in [0, 0.1) is 0 Å². The van der Waals surface area contributed by atoms with Gasteiger partial charge < -0.3 is 0 Å². The molecule has 0 aromatic carbocycles. The van der Waals surface area contributed by atoms with E-state index in [1.807, 2.05) is 6.07 Å². The van der Waals surface area contributed by atoms with Crippen LogP contribution in [0.25, 0.3) is 0 Å². The van der Waals surface area contributed by atoms with E-state index in [2.05, 4.69) is 28.3 Å². The molecule has 5 heteroatoms. The van der Waals surface area contributed by atoms with E-state index in [-0.39, 0.29) is 0 Å². The largest absolute Gasteiger partial charge is 0.229 e. The van der Waals surface area contributed by atoms with Gasteiger partial charge >= 0.3 is 0 Å². The Bertz CT molecular complexity index is 457. The van der Waals surface area contributed by atoms with Gasteiger partial charge in [0.2, 0.25) is 0 Å². The highest BCUT2D eigenvalue weighted by atomic mass is 35.5. The summed E-state index contributed by atoms with van der Waals surface area (Å²) in [5, 5.41) is 3.62. The summed E-state index contributed by atoms with van der Waals surface area (Å²) in [6, 6.07) is 4.12. The van der Waals surface area contributed by atoms with Crippen LogP contribution in [0.1, 0.15) is 18.9 Å². The van der Waals surface area contributed by atoms with Crippen molar-refractivity contribution in [1.82, 2.24) is 9.97 Å². The molecule has 2 heterocycles. The van der Waals surface area contributed by atoms with Crippen LogP contribution in [0.5, 0.6) is 0 Å². The van der Waals surface area contributed by atoms with E-state index in [4.69, 9.17) is 11.6 Å². The van der Waals surface area contributed by atoms with Crippen molar-refractivity contribution < 1.29 is 0 Å². The Balaban J connectivity index is 2.29. The molecular formula is C11H11ClN2S2. The topological polar surface area (TPSA) is 25.8 Å². The van der Waals surface area contributed by atoms with Crippen molar-refractivity contribution in [1.29, 1.82) is 0 Å². The third-order valence-electron chi connectivity index (χ3n) is 2.05. The highest BCUT2D eigenvalue weighted by Crippen LogP contribution is 2.34. The first-order valence-electron chi connectivity index (χ1n) is 5.02. The molecule has 0 radical (unpaired) electrons. The Labute approximate surface area is 108 Å². The third-order valence-corrected chi connectivity index (χ3v) is 4.45. The van der Waals surface area contributed by atoms with Gasteiger partial charge in [0.05, 0.1) is 4.21 Å². The van der Waals surface area contributed by atoms with E-state index in [1.54, 1.807) is 23.1 Å². The van der Waals surface area contributed by atoms with E-state index >= 15 is 0 Å². The Kier molecular flexibility index (Phi) is 4.21. The van der Waals surface area contributed by atoms with Crippen LogP contribution in [-0.4, -0.2) is 9.97 Å². The van der Waals surface area contributed by atoms with E-state index < -0.39 is 0 Å².